The van der Waals surface area contributed by atoms with Crippen molar-refractivity contribution in [3.63, 3.8) is 0 Å². The molecule has 1 amide bonds. The van der Waals surface area contributed by atoms with Crippen LogP contribution in [0.4, 0.5) is 5.69 Å². The van der Waals surface area contributed by atoms with Crippen molar-refractivity contribution in [1.82, 2.24) is 5.32 Å². The Labute approximate surface area is 119 Å². The molecule has 1 aromatic carbocycles. The average Bonchev–Trinajstić information content (AvgIpc) is 2.30. The van der Waals surface area contributed by atoms with E-state index in [4.69, 9.17) is 12.2 Å². The number of carbonyl (C=O) groups is 1. The van der Waals surface area contributed by atoms with Gasteiger partial charge in [0.2, 0.25) is 5.91 Å². The maximum atomic E-state index is 11.8. The van der Waals surface area contributed by atoms with Crippen LogP contribution in [-0.2, 0) is 11.2 Å². The monoisotopic (exact) mass is 280 g/mol. The summed E-state index contributed by atoms with van der Waals surface area (Å²) in [5.74, 6) is -0.0688. The van der Waals surface area contributed by atoms with Crippen LogP contribution >= 0.6 is 12.2 Å². The highest BCUT2D eigenvalue weighted by Crippen LogP contribution is 2.24. The number of phenols is 1. The quantitative estimate of drug-likeness (QED) is 0.576. The number of rotatable bonds is 2. The number of aromatic hydroxyl groups is 1. The molecule has 0 fully saturated rings. The zero-order valence-corrected chi connectivity index (χ0v) is 12.5. The second-order valence-corrected chi connectivity index (χ2v) is 5.77. The molecule has 0 bridgehead atoms. The Balaban J connectivity index is 2.75. The van der Waals surface area contributed by atoms with E-state index in [0.717, 1.165) is 12.0 Å². The van der Waals surface area contributed by atoms with Gasteiger partial charge >= 0.3 is 0 Å². The Hall–Kier alpha value is -1.62. The number of carbonyl (C=O) groups excluding carboxylic acids is 1. The lowest BCUT2D eigenvalue weighted by Gasteiger charge is -2.19. The smallest absolute Gasteiger partial charge is 0.231 e. The minimum absolute atomic E-state index is 0.101. The van der Waals surface area contributed by atoms with Crippen molar-refractivity contribution in [2.75, 3.05) is 5.32 Å². The van der Waals surface area contributed by atoms with Gasteiger partial charge in [0.15, 0.2) is 5.11 Å². The van der Waals surface area contributed by atoms with Crippen molar-refractivity contribution < 1.29 is 9.90 Å². The van der Waals surface area contributed by atoms with Gasteiger partial charge in [-0.3, -0.25) is 4.79 Å². The third-order valence-electron chi connectivity index (χ3n) is 2.63. The molecule has 0 unspecified atom stereocenters. The number of thiocarbonyl (C=S) groups is 1. The molecule has 0 aromatic heterocycles. The average molecular weight is 280 g/mol. The Kier molecular flexibility index (Phi) is 4.89. The number of hydrogen-bond donors (Lipinski definition) is 3. The van der Waals surface area contributed by atoms with Crippen LogP contribution in [0.15, 0.2) is 18.2 Å². The third kappa shape index (κ3) is 4.52. The van der Waals surface area contributed by atoms with E-state index in [-0.39, 0.29) is 16.8 Å². The number of benzene rings is 1. The summed E-state index contributed by atoms with van der Waals surface area (Å²) in [5.41, 5.74) is 1.06. The Morgan fingerprint density at radius 1 is 1.37 bits per heavy atom. The lowest BCUT2D eigenvalue weighted by molar-refractivity contribution is -0.126. The normalized spacial score (nSPS) is 10.9. The fraction of sp³-hybridized carbons (Fsp3) is 0.429. The van der Waals surface area contributed by atoms with Gasteiger partial charge in [0.05, 0.1) is 5.69 Å². The van der Waals surface area contributed by atoms with Crippen molar-refractivity contribution in [2.45, 2.75) is 34.1 Å². The molecule has 1 rings (SSSR count). The van der Waals surface area contributed by atoms with Crippen LogP contribution in [0.2, 0.25) is 0 Å². The lowest BCUT2D eigenvalue weighted by atomic mass is 9.96. The third-order valence-corrected chi connectivity index (χ3v) is 2.83. The van der Waals surface area contributed by atoms with Crippen LogP contribution in [0.5, 0.6) is 5.75 Å². The first-order valence-electron chi connectivity index (χ1n) is 6.18. The zero-order valence-electron chi connectivity index (χ0n) is 11.7. The maximum Gasteiger partial charge on any atom is 0.231 e. The fourth-order valence-electron chi connectivity index (χ4n) is 1.35. The number of phenolic OH excluding ortho intramolecular Hbond substituents is 1. The van der Waals surface area contributed by atoms with Crippen molar-refractivity contribution in [2.24, 2.45) is 5.41 Å². The number of aryl methyl sites for hydroxylation is 1. The van der Waals surface area contributed by atoms with E-state index in [1.165, 1.54) is 0 Å². The van der Waals surface area contributed by atoms with Crippen LogP contribution in [0.1, 0.15) is 33.3 Å². The predicted molar refractivity (Wildman–Crippen MR) is 81.3 cm³/mol. The molecule has 19 heavy (non-hydrogen) atoms. The highest BCUT2D eigenvalue weighted by molar-refractivity contribution is 7.80. The summed E-state index contributed by atoms with van der Waals surface area (Å²) < 4.78 is 0. The van der Waals surface area contributed by atoms with E-state index in [1.54, 1.807) is 26.8 Å². The van der Waals surface area contributed by atoms with E-state index in [1.807, 2.05) is 19.1 Å². The van der Waals surface area contributed by atoms with E-state index in [2.05, 4.69) is 10.6 Å². The number of amides is 1. The van der Waals surface area contributed by atoms with Gasteiger partial charge in [0.1, 0.15) is 5.75 Å². The molecule has 0 heterocycles. The summed E-state index contributed by atoms with van der Waals surface area (Å²) in [6, 6.07) is 5.26. The summed E-state index contributed by atoms with van der Waals surface area (Å²) in [6.45, 7) is 7.44. The second kappa shape index (κ2) is 6.02. The molecule has 0 atom stereocenters. The molecule has 0 saturated carbocycles. The SMILES string of the molecule is CCc1ccc(O)c(NC(=S)NC(=O)C(C)(C)C)c1. The van der Waals surface area contributed by atoms with Crippen molar-refractivity contribution >= 4 is 28.9 Å². The topological polar surface area (TPSA) is 61.4 Å². The summed E-state index contributed by atoms with van der Waals surface area (Å²) in [4.78, 5) is 11.8. The van der Waals surface area contributed by atoms with Crippen LogP contribution < -0.4 is 10.6 Å². The van der Waals surface area contributed by atoms with Gasteiger partial charge in [0.25, 0.3) is 0 Å². The molecule has 0 radical (unpaired) electrons. The standard InChI is InChI=1S/C14H20N2O2S/c1-5-9-6-7-11(17)10(8-9)15-13(19)16-12(18)14(2,3)4/h6-8,17H,5H2,1-4H3,(H2,15,16,18,19). The molecule has 3 N–H and O–H groups in total. The number of hydrogen-bond acceptors (Lipinski definition) is 3. The minimum atomic E-state index is -0.515. The molecule has 0 aliphatic carbocycles. The summed E-state index contributed by atoms with van der Waals surface area (Å²) in [6.07, 6.45) is 0.857. The van der Waals surface area contributed by atoms with Crippen LogP contribution in [0.25, 0.3) is 0 Å². The number of anilines is 1. The van der Waals surface area contributed by atoms with E-state index in [9.17, 15) is 9.90 Å². The van der Waals surface area contributed by atoms with Crippen molar-refractivity contribution in [3.8, 4) is 5.75 Å². The summed E-state index contributed by atoms with van der Waals surface area (Å²) in [5, 5.41) is 15.4. The lowest BCUT2D eigenvalue weighted by Crippen LogP contribution is -2.41. The zero-order chi connectivity index (χ0) is 14.6. The highest BCUT2D eigenvalue weighted by atomic mass is 32.1. The summed E-state index contributed by atoms with van der Waals surface area (Å²) in [7, 11) is 0. The molecular weight excluding hydrogens is 260 g/mol. The molecule has 0 aliphatic rings. The molecule has 4 nitrogen and oxygen atoms in total. The van der Waals surface area contributed by atoms with Crippen molar-refractivity contribution in [1.29, 1.82) is 0 Å². The largest absolute Gasteiger partial charge is 0.506 e. The predicted octanol–water partition coefficient (Wildman–Crippen LogP) is 2.81. The first kappa shape index (κ1) is 15.4. The molecule has 5 heteroatoms. The van der Waals surface area contributed by atoms with Crippen LogP contribution in [-0.4, -0.2) is 16.1 Å². The first-order valence-corrected chi connectivity index (χ1v) is 6.59. The van der Waals surface area contributed by atoms with Gasteiger partial charge in [-0.05, 0) is 36.3 Å². The molecule has 0 saturated heterocycles. The van der Waals surface area contributed by atoms with Gasteiger partial charge in [0, 0.05) is 5.41 Å². The molecule has 0 spiro atoms. The van der Waals surface area contributed by atoms with Gasteiger partial charge in [-0.2, -0.15) is 0 Å². The van der Waals surface area contributed by atoms with Crippen LogP contribution in [0, 0.1) is 5.41 Å². The Bertz CT molecular complexity index is 493. The van der Waals surface area contributed by atoms with Gasteiger partial charge in [-0.25, -0.2) is 0 Å². The van der Waals surface area contributed by atoms with E-state index >= 15 is 0 Å². The summed E-state index contributed by atoms with van der Waals surface area (Å²) >= 11 is 5.07. The number of nitrogens with one attached hydrogen (secondary N) is 2. The Morgan fingerprint density at radius 2 is 2.00 bits per heavy atom. The first-order chi connectivity index (χ1) is 8.74. The van der Waals surface area contributed by atoms with E-state index in [0.29, 0.717) is 5.69 Å². The highest BCUT2D eigenvalue weighted by Gasteiger charge is 2.22. The van der Waals surface area contributed by atoms with Gasteiger partial charge < -0.3 is 15.7 Å². The Morgan fingerprint density at radius 3 is 2.53 bits per heavy atom. The molecule has 1 aromatic rings. The fourth-order valence-corrected chi connectivity index (χ4v) is 1.55. The van der Waals surface area contributed by atoms with Crippen molar-refractivity contribution in [3.05, 3.63) is 23.8 Å². The van der Waals surface area contributed by atoms with Gasteiger partial charge in [-0.1, -0.05) is 33.8 Å². The second-order valence-electron chi connectivity index (χ2n) is 5.36. The van der Waals surface area contributed by atoms with Crippen LogP contribution in [0.3, 0.4) is 0 Å². The van der Waals surface area contributed by atoms with E-state index < -0.39 is 5.41 Å². The minimum Gasteiger partial charge on any atom is -0.506 e. The molecular formula is C14H20N2O2S. The van der Waals surface area contributed by atoms with Gasteiger partial charge in [-0.15, -0.1) is 0 Å². The molecule has 104 valence electrons. The molecule has 0 aliphatic heterocycles. The maximum absolute atomic E-state index is 11.8.